The van der Waals surface area contributed by atoms with Crippen LogP contribution in [0.4, 0.5) is 14.9 Å². The van der Waals surface area contributed by atoms with Gasteiger partial charge in [0, 0.05) is 13.0 Å². The first kappa shape index (κ1) is 17.1. The Bertz CT molecular complexity index is 607. The van der Waals surface area contributed by atoms with Crippen LogP contribution in [-0.2, 0) is 4.74 Å². The molecule has 1 heterocycles. The number of nitrogens with zero attached hydrogens (tertiary/aromatic N) is 2. The molecule has 0 spiro atoms. The molecule has 1 amide bonds. The Balaban J connectivity index is 2.03. The molecule has 23 heavy (non-hydrogen) atoms. The van der Waals surface area contributed by atoms with Gasteiger partial charge >= 0.3 is 6.09 Å². The second kappa shape index (κ2) is 6.86. The number of nitrogens with one attached hydrogen (secondary N) is 1. The summed E-state index contributed by atoms with van der Waals surface area (Å²) in [5.41, 5.74) is 0.587. The first-order valence-corrected chi connectivity index (χ1v) is 7.67. The zero-order chi connectivity index (χ0) is 17.0. The van der Waals surface area contributed by atoms with Gasteiger partial charge in [-0.2, -0.15) is 5.26 Å². The Hall–Kier alpha value is -2.29. The van der Waals surface area contributed by atoms with E-state index in [1.807, 2.05) is 6.07 Å². The topological polar surface area (TPSA) is 65.4 Å². The molecule has 2 rings (SSSR count). The van der Waals surface area contributed by atoms with Gasteiger partial charge in [0.1, 0.15) is 17.8 Å². The molecular weight excluding hydrogens is 297 g/mol. The van der Waals surface area contributed by atoms with E-state index in [2.05, 4.69) is 11.4 Å². The average molecular weight is 319 g/mol. The van der Waals surface area contributed by atoms with Gasteiger partial charge in [0.25, 0.3) is 0 Å². The van der Waals surface area contributed by atoms with Gasteiger partial charge < -0.3 is 15.0 Å². The summed E-state index contributed by atoms with van der Waals surface area (Å²) in [6.07, 6.45) is -1.29. The quantitative estimate of drug-likeness (QED) is 0.928. The number of likely N-dealkylation sites (tertiary alicyclic amines) is 1. The molecule has 1 aliphatic rings. The normalized spacial score (nSPS) is 20.9. The lowest BCUT2D eigenvalue weighted by atomic mass is 10.1. The van der Waals surface area contributed by atoms with Crippen molar-refractivity contribution in [2.24, 2.45) is 0 Å². The number of para-hydroxylation sites is 1. The van der Waals surface area contributed by atoms with Gasteiger partial charge in [0.15, 0.2) is 0 Å². The van der Waals surface area contributed by atoms with Crippen molar-refractivity contribution >= 4 is 11.8 Å². The van der Waals surface area contributed by atoms with Crippen LogP contribution in [-0.4, -0.2) is 41.9 Å². The third kappa shape index (κ3) is 4.59. The predicted octanol–water partition coefficient (Wildman–Crippen LogP) is 3.32. The maximum Gasteiger partial charge on any atom is 0.410 e. The summed E-state index contributed by atoms with van der Waals surface area (Å²) >= 11 is 0. The number of rotatable bonds is 3. The maximum atomic E-state index is 13.8. The van der Waals surface area contributed by atoms with Crippen LogP contribution in [0.25, 0.3) is 0 Å². The molecule has 0 radical (unpaired) electrons. The Labute approximate surface area is 136 Å². The van der Waals surface area contributed by atoms with Crippen LogP contribution in [0.15, 0.2) is 24.3 Å². The van der Waals surface area contributed by atoms with Crippen LogP contribution < -0.4 is 5.32 Å². The number of halogens is 1. The van der Waals surface area contributed by atoms with Gasteiger partial charge in [0.2, 0.25) is 0 Å². The molecule has 0 aliphatic carbocycles. The number of anilines is 1. The fourth-order valence-electron chi connectivity index (χ4n) is 2.56. The molecule has 2 atom stereocenters. The van der Waals surface area contributed by atoms with Gasteiger partial charge in [0.05, 0.1) is 23.8 Å². The lowest BCUT2D eigenvalue weighted by Crippen LogP contribution is -2.42. The number of alkyl halides is 1. The van der Waals surface area contributed by atoms with Crippen molar-refractivity contribution in [1.82, 2.24) is 4.90 Å². The van der Waals surface area contributed by atoms with Gasteiger partial charge in [-0.1, -0.05) is 12.1 Å². The van der Waals surface area contributed by atoms with Crippen LogP contribution in [0.1, 0.15) is 32.8 Å². The summed E-state index contributed by atoms with van der Waals surface area (Å²) in [5.74, 6) is 0. The second-order valence-electron chi connectivity index (χ2n) is 6.66. The Morgan fingerprint density at radius 3 is 2.83 bits per heavy atom. The molecule has 1 N–H and O–H groups in total. The van der Waals surface area contributed by atoms with E-state index in [0.717, 1.165) is 0 Å². The summed E-state index contributed by atoms with van der Waals surface area (Å²) in [7, 11) is 0. The van der Waals surface area contributed by atoms with E-state index in [0.29, 0.717) is 17.8 Å². The minimum atomic E-state index is -1.06. The highest BCUT2D eigenvalue weighted by Gasteiger charge is 2.37. The van der Waals surface area contributed by atoms with Crippen LogP contribution in [0, 0.1) is 11.3 Å². The summed E-state index contributed by atoms with van der Waals surface area (Å²) in [6, 6.07) is 8.90. The summed E-state index contributed by atoms with van der Waals surface area (Å²) in [6.45, 7) is 5.76. The van der Waals surface area contributed by atoms with Crippen molar-refractivity contribution in [2.45, 2.75) is 45.0 Å². The number of ether oxygens (including phenoxy) is 1. The van der Waals surface area contributed by atoms with E-state index < -0.39 is 17.9 Å². The van der Waals surface area contributed by atoms with Gasteiger partial charge in [-0.05, 0) is 32.9 Å². The lowest BCUT2D eigenvalue weighted by Gasteiger charge is -2.28. The molecule has 1 aliphatic heterocycles. The van der Waals surface area contributed by atoms with E-state index in [1.54, 1.807) is 39.0 Å². The van der Waals surface area contributed by atoms with E-state index in [4.69, 9.17) is 10.00 Å². The van der Waals surface area contributed by atoms with Crippen molar-refractivity contribution < 1.29 is 13.9 Å². The zero-order valence-electron chi connectivity index (χ0n) is 13.7. The molecule has 0 bridgehead atoms. The number of amides is 1. The second-order valence-corrected chi connectivity index (χ2v) is 6.66. The Morgan fingerprint density at radius 2 is 2.17 bits per heavy atom. The number of hydrogen-bond acceptors (Lipinski definition) is 4. The summed E-state index contributed by atoms with van der Waals surface area (Å²) in [4.78, 5) is 13.6. The Kier molecular flexibility index (Phi) is 5.09. The fourth-order valence-corrected chi connectivity index (χ4v) is 2.56. The van der Waals surface area contributed by atoms with Crippen molar-refractivity contribution in [3.8, 4) is 6.07 Å². The molecule has 1 aromatic rings. The highest BCUT2D eigenvalue weighted by molar-refractivity contribution is 5.69. The molecule has 0 unspecified atom stereocenters. The number of carbonyl (C=O) groups is 1. The van der Waals surface area contributed by atoms with Gasteiger partial charge in [-0.15, -0.1) is 0 Å². The number of nitriles is 1. The molecule has 0 aromatic heterocycles. The fraction of sp³-hybridized carbons (Fsp3) is 0.529. The summed E-state index contributed by atoms with van der Waals surface area (Å²) < 4.78 is 19.1. The first-order valence-electron chi connectivity index (χ1n) is 7.67. The molecule has 0 saturated carbocycles. The molecule has 1 saturated heterocycles. The minimum Gasteiger partial charge on any atom is -0.444 e. The molecule has 1 fully saturated rings. The minimum absolute atomic E-state index is 0.0428. The highest BCUT2D eigenvalue weighted by atomic mass is 19.1. The monoisotopic (exact) mass is 319 g/mol. The predicted molar refractivity (Wildman–Crippen MR) is 85.9 cm³/mol. The van der Waals surface area contributed by atoms with E-state index in [-0.39, 0.29) is 19.0 Å². The van der Waals surface area contributed by atoms with Crippen molar-refractivity contribution in [3.63, 3.8) is 0 Å². The average Bonchev–Trinajstić information content (AvgIpc) is 2.85. The number of carbonyl (C=O) groups excluding carboxylic acids is 1. The van der Waals surface area contributed by atoms with E-state index in [1.165, 1.54) is 4.90 Å². The van der Waals surface area contributed by atoms with E-state index in [9.17, 15) is 9.18 Å². The maximum absolute atomic E-state index is 13.8. The van der Waals surface area contributed by atoms with Crippen LogP contribution in [0.2, 0.25) is 0 Å². The van der Waals surface area contributed by atoms with Crippen LogP contribution in [0.3, 0.4) is 0 Å². The van der Waals surface area contributed by atoms with E-state index >= 15 is 0 Å². The SMILES string of the molecule is CC(C)(C)OC(=O)N1C[C@H](F)C[C@@H]1CNc1ccccc1C#N. The third-order valence-corrected chi connectivity index (χ3v) is 3.57. The van der Waals surface area contributed by atoms with Crippen molar-refractivity contribution in [3.05, 3.63) is 29.8 Å². The standard InChI is InChI=1S/C17H22FN3O2/c1-17(2,3)23-16(22)21-11-13(18)8-14(21)10-20-15-7-5-4-6-12(15)9-19/h4-7,13-14,20H,8,10-11H2,1-3H3/t13-,14-/m1/s1. The highest BCUT2D eigenvalue weighted by Crippen LogP contribution is 2.24. The van der Waals surface area contributed by atoms with Crippen molar-refractivity contribution in [2.75, 3.05) is 18.4 Å². The number of benzene rings is 1. The summed E-state index contributed by atoms with van der Waals surface area (Å²) in [5, 5.41) is 12.2. The van der Waals surface area contributed by atoms with Gasteiger partial charge in [-0.3, -0.25) is 0 Å². The van der Waals surface area contributed by atoms with Gasteiger partial charge in [-0.25, -0.2) is 9.18 Å². The van der Waals surface area contributed by atoms with Crippen LogP contribution >= 0.6 is 0 Å². The molecular formula is C17H22FN3O2. The smallest absolute Gasteiger partial charge is 0.410 e. The van der Waals surface area contributed by atoms with Crippen molar-refractivity contribution in [1.29, 1.82) is 5.26 Å². The molecule has 1 aromatic carbocycles. The molecule has 5 nitrogen and oxygen atoms in total. The largest absolute Gasteiger partial charge is 0.444 e. The first-order chi connectivity index (χ1) is 10.8. The lowest BCUT2D eigenvalue weighted by molar-refractivity contribution is 0.0226. The zero-order valence-corrected chi connectivity index (χ0v) is 13.7. The number of hydrogen-bond donors (Lipinski definition) is 1. The molecule has 6 heteroatoms. The molecule has 124 valence electrons. The third-order valence-electron chi connectivity index (χ3n) is 3.57. The Morgan fingerprint density at radius 1 is 1.48 bits per heavy atom. The van der Waals surface area contributed by atoms with Crippen LogP contribution in [0.5, 0.6) is 0 Å².